The lowest BCUT2D eigenvalue weighted by Crippen LogP contribution is -2.02. The van der Waals surface area contributed by atoms with Crippen LogP contribution in [-0.4, -0.2) is 11.1 Å². The number of allylic oxidation sites excluding steroid dienone is 1. The van der Waals surface area contributed by atoms with Crippen molar-refractivity contribution in [2.45, 2.75) is 6.54 Å². The summed E-state index contributed by atoms with van der Waals surface area (Å²) in [4.78, 5) is 9.41. The Labute approximate surface area is 88.9 Å². The molecular formula is C10H14NO3P. The molecule has 0 fully saturated rings. The Morgan fingerprint density at radius 3 is 2.80 bits per heavy atom. The SMILES string of the molecule is C=CCP(=O)(O)Oc1ccccc1CN. The number of nitrogens with two attached hydrogens (primary N) is 1. The van der Waals surface area contributed by atoms with Gasteiger partial charge in [-0.05, 0) is 6.07 Å². The third-order valence-corrected chi connectivity index (χ3v) is 2.99. The van der Waals surface area contributed by atoms with Crippen LogP contribution in [0.5, 0.6) is 5.75 Å². The van der Waals surface area contributed by atoms with Gasteiger partial charge in [0.15, 0.2) is 0 Å². The van der Waals surface area contributed by atoms with Crippen molar-refractivity contribution >= 4 is 7.60 Å². The van der Waals surface area contributed by atoms with Crippen LogP contribution in [0.1, 0.15) is 5.56 Å². The summed E-state index contributed by atoms with van der Waals surface area (Å²) in [5, 5.41) is 0. The molecular weight excluding hydrogens is 213 g/mol. The van der Waals surface area contributed by atoms with Gasteiger partial charge in [0.1, 0.15) is 5.75 Å². The fraction of sp³-hybridized carbons (Fsp3) is 0.200. The van der Waals surface area contributed by atoms with Gasteiger partial charge in [-0.25, -0.2) is 4.57 Å². The highest BCUT2D eigenvalue weighted by Crippen LogP contribution is 2.43. The zero-order chi connectivity index (χ0) is 11.3. The molecule has 1 atom stereocenters. The van der Waals surface area contributed by atoms with Crippen molar-refractivity contribution in [3.8, 4) is 5.75 Å². The van der Waals surface area contributed by atoms with Gasteiger partial charge in [-0.1, -0.05) is 24.3 Å². The highest BCUT2D eigenvalue weighted by Gasteiger charge is 2.19. The fourth-order valence-corrected chi connectivity index (χ4v) is 2.00. The Morgan fingerprint density at radius 2 is 2.20 bits per heavy atom. The molecule has 0 aliphatic carbocycles. The van der Waals surface area contributed by atoms with E-state index in [1.165, 1.54) is 6.08 Å². The molecule has 1 aromatic carbocycles. The molecule has 82 valence electrons. The molecule has 1 rings (SSSR count). The van der Waals surface area contributed by atoms with E-state index in [2.05, 4.69) is 6.58 Å². The molecule has 0 aromatic heterocycles. The molecule has 0 amide bonds. The molecule has 1 unspecified atom stereocenters. The molecule has 0 saturated heterocycles. The zero-order valence-corrected chi connectivity index (χ0v) is 9.19. The molecule has 5 heteroatoms. The minimum absolute atomic E-state index is 0.0775. The van der Waals surface area contributed by atoms with Gasteiger partial charge in [0.05, 0.1) is 6.16 Å². The average molecular weight is 227 g/mol. The molecule has 0 bridgehead atoms. The van der Waals surface area contributed by atoms with Gasteiger partial charge in [0.2, 0.25) is 0 Å². The van der Waals surface area contributed by atoms with Crippen LogP contribution in [0, 0.1) is 0 Å². The quantitative estimate of drug-likeness (QED) is 0.595. The summed E-state index contributed by atoms with van der Waals surface area (Å²) >= 11 is 0. The van der Waals surface area contributed by atoms with Crippen molar-refractivity contribution in [1.29, 1.82) is 0 Å². The van der Waals surface area contributed by atoms with Gasteiger partial charge >= 0.3 is 7.60 Å². The lowest BCUT2D eigenvalue weighted by atomic mass is 10.2. The molecule has 15 heavy (non-hydrogen) atoms. The fourth-order valence-electron chi connectivity index (χ4n) is 1.12. The van der Waals surface area contributed by atoms with E-state index in [-0.39, 0.29) is 12.7 Å². The van der Waals surface area contributed by atoms with E-state index >= 15 is 0 Å². The van der Waals surface area contributed by atoms with E-state index in [1.807, 2.05) is 0 Å². The number of benzene rings is 1. The molecule has 0 spiro atoms. The molecule has 4 nitrogen and oxygen atoms in total. The van der Waals surface area contributed by atoms with Gasteiger partial charge in [0, 0.05) is 12.1 Å². The minimum Gasteiger partial charge on any atom is -0.424 e. The summed E-state index contributed by atoms with van der Waals surface area (Å²) in [6.07, 6.45) is 1.28. The van der Waals surface area contributed by atoms with Crippen LogP contribution in [-0.2, 0) is 11.1 Å². The standard InChI is InChI=1S/C10H14NO3P/c1-2-7-15(12,13)14-10-6-4-3-5-9(10)8-11/h2-6H,1,7-8,11H2,(H,12,13). The van der Waals surface area contributed by atoms with Crippen molar-refractivity contribution in [3.63, 3.8) is 0 Å². The number of hydrogen-bond acceptors (Lipinski definition) is 3. The summed E-state index contributed by atoms with van der Waals surface area (Å²) in [5.41, 5.74) is 6.18. The summed E-state index contributed by atoms with van der Waals surface area (Å²) in [5.74, 6) is 0.354. The third-order valence-electron chi connectivity index (χ3n) is 1.79. The predicted octanol–water partition coefficient (Wildman–Crippen LogP) is 1.90. The summed E-state index contributed by atoms with van der Waals surface area (Å²) < 4.78 is 16.5. The Hall–Kier alpha value is -1.09. The Morgan fingerprint density at radius 1 is 1.53 bits per heavy atom. The van der Waals surface area contributed by atoms with Crippen molar-refractivity contribution in [1.82, 2.24) is 0 Å². The van der Waals surface area contributed by atoms with Gasteiger partial charge < -0.3 is 15.2 Å². The van der Waals surface area contributed by atoms with E-state index in [1.54, 1.807) is 24.3 Å². The van der Waals surface area contributed by atoms with E-state index in [0.717, 1.165) is 0 Å². The van der Waals surface area contributed by atoms with Gasteiger partial charge in [-0.3, -0.25) is 0 Å². The third kappa shape index (κ3) is 3.51. The molecule has 0 aliphatic heterocycles. The first-order valence-electron chi connectivity index (χ1n) is 4.49. The zero-order valence-electron chi connectivity index (χ0n) is 8.30. The Kier molecular flexibility index (Phi) is 4.09. The van der Waals surface area contributed by atoms with E-state index < -0.39 is 7.60 Å². The lowest BCUT2D eigenvalue weighted by Gasteiger charge is -2.14. The smallest absolute Gasteiger partial charge is 0.380 e. The molecule has 0 heterocycles. The first-order chi connectivity index (χ1) is 7.09. The number of hydrogen-bond donors (Lipinski definition) is 2. The largest absolute Gasteiger partial charge is 0.424 e. The Bertz CT molecular complexity index is 392. The maximum Gasteiger partial charge on any atom is 0.380 e. The lowest BCUT2D eigenvalue weighted by molar-refractivity contribution is 0.382. The maximum atomic E-state index is 11.5. The topological polar surface area (TPSA) is 72.5 Å². The minimum atomic E-state index is -3.63. The van der Waals surface area contributed by atoms with Gasteiger partial charge in [-0.15, -0.1) is 6.58 Å². The van der Waals surface area contributed by atoms with Crippen molar-refractivity contribution in [2.24, 2.45) is 5.73 Å². The van der Waals surface area contributed by atoms with Crippen LogP contribution in [0.3, 0.4) is 0 Å². The van der Waals surface area contributed by atoms with Crippen LogP contribution in [0.2, 0.25) is 0 Å². The monoisotopic (exact) mass is 227 g/mol. The second kappa shape index (κ2) is 5.12. The average Bonchev–Trinajstić information content (AvgIpc) is 2.17. The molecule has 3 N–H and O–H groups in total. The number of rotatable bonds is 5. The molecule has 0 saturated carbocycles. The van der Waals surface area contributed by atoms with Crippen LogP contribution in [0.15, 0.2) is 36.9 Å². The number of para-hydroxylation sites is 1. The summed E-state index contributed by atoms with van der Waals surface area (Å²) in [6, 6.07) is 6.89. The van der Waals surface area contributed by atoms with Crippen LogP contribution >= 0.6 is 7.60 Å². The second-order valence-electron chi connectivity index (χ2n) is 3.01. The summed E-state index contributed by atoms with van der Waals surface area (Å²) in [6.45, 7) is 3.66. The normalized spacial score (nSPS) is 14.3. The second-order valence-corrected chi connectivity index (χ2v) is 4.83. The van der Waals surface area contributed by atoms with Crippen molar-refractivity contribution < 1.29 is 14.0 Å². The van der Waals surface area contributed by atoms with Crippen molar-refractivity contribution in [2.75, 3.05) is 6.16 Å². The highest BCUT2D eigenvalue weighted by atomic mass is 31.2. The van der Waals surface area contributed by atoms with Gasteiger partial charge in [-0.2, -0.15) is 0 Å². The molecule has 0 radical (unpaired) electrons. The highest BCUT2D eigenvalue weighted by molar-refractivity contribution is 7.53. The maximum absolute atomic E-state index is 11.5. The van der Waals surface area contributed by atoms with E-state index in [4.69, 9.17) is 10.3 Å². The first kappa shape index (κ1) is 12.0. The summed E-state index contributed by atoms with van der Waals surface area (Å²) in [7, 11) is -3.63. The van der Waals surface area contributed by atoms with E-state index in [9.17, 15) is 9.46 Å². The Balaban J connectivity index is 2.88. The molecule has 1 aromatic rings. The van der Waals surface area contributed by atoms with Crippen LogP contribution in [0.25, 0.3) is 0 Å². The van der Waals surface area contributed by atoms with Crippen LogP contribution in [0.4, 0.5) is 0 Å². The molecule has 0 aliphatic rings. The van der Waals surface area contributed by atoms with Crippen LogP contribution < -0.4 is 10.3 Å². The predicted molar refractivity (Wildman–Crippen MR) is 59.9 cm³/mol. The van der Waals surface area contributed by atoms with Crippen molar-refractivity contribution in [3.05, 3.63) is 42.5 Å². The van der Waals surface area contributed by atoms with E-state index in [0.29, 0.717) is 11.3 Å². The van der Waals surface area contributed by atoms with Gasteiger partial charge in [0.25, 0.3) is 0 Å². The first-order valence-corrected chi connectivity index (χ1v) is 6.25.